The molecule has 1 aliphatic carbocycles. The van der Waals surface area contributed by atoms with E-state index in [0.717, 1.165) is 32.1 Å². The number of methoxy groups -OCH3 is 1. The number of nitrogens with zero attached hydrogens (tertiary/aromatic N) is 1. The fraction of sp³-hybridized carbons (Fsp3) is 0.579. The van der Waals surface area contributed by atoms with Gasteiger partial charge in [0.25, 0.3) is 0 Å². The zero-order chi connectivity index (χ0) is 17.4. The summed E-state index contributed by atoms with van der Waals surface area (Å²) < 4.78 is 4.60. The minimum absolute atomic E-state index is 0.00450. The van der Waals surface area contributed by atoms with Crippen molar-refractivity contribution in [1.29, 1.82) is 0 Å². The molecule has 1 fully saturated rings. The Morgan fingerprint density at radius 2 is 1.83 bits per heavy atom. The van der Waals surface area contributed by atoms with Gasteiger partial charge in [0.1, 0.15) is 0 Å². The maximum Gasteiger partial charge on any atom is 0.317 e. The number of benzene rings is 1. The van der Waals surface area contributed by atoms with Crippen LogP contribution in [0.25, 0.3) is 0 Å². The van der Waals surface area contributed by atoms with E-state index in [1.807, 2.05) is 4.90 Å². The van der Waals surface area contributed by atoms with Crippen LogP contribution in [0.2, 0.25) is 0 Å². The maximum atomic E-state index is 12.4. The first-order valence-electron chi connectivity index (χ1n) is 8.83. The minimum atomic E-state index is -0.198. The number of unbranched alkanes of at least 4 members (excludes halogenated alkanes) is 1. The lowest BCUT2D eigenvalue weighted by molar-refractivity contribution is -0.140. The quantitative estimate of drug-likeness (QED) is 0.558. The lowest BCUT2D eigenvalue weighted by atomic mass is 10.1. The first kappa shape index (κ1) is 18.3. The molecule has 1 aromatic carbocycles. The highest BCUT2D eigenvalue weighted by Crippen LogP contribution is 2.28. The van der Waals surface area contributed by atoms with E-state index < -0.39 is 0 Å². The molecule has 2 amide bonds. The van der Waals surface area contributed by atoms with Crippen LogP contribution in [0.15, 0.2) is 24.3 Å². The molecule has 0 radical (unpaired) electrons. The molecule has 0 heterocycles. The van der Waals surface area contributed by atoms with Crippen molar-refractivity contribution in [2.24, 2.45) is 0 Å². The van der Waals surface area contributed by atoms with Crippen LogP contribution in [-0.2, 0) is 22.5 Å². The van der Waals surface area contributed by atoms with E-state index in [9.17, 15) is 9.59 Å². The van der Waals surface area contributed by atoms with E-state index in [1.165, 1.54) is 18.2 Å². The SMILES string of the molecule is CCc1ccc(CN(C(=O)NCCCCC(=O)OC)C2CC2)cc1. The molecule has 5 nitrogen and oxygen atoms in total. The molecule has 132 valence electrons. The van der Waals surface area contributed by atoms with Crippen LogP contribution in [0.5, 0.6) is 0 Å². The van der Waals surface area contributed by atoms with Gasteiger partial charge < -0.3 is 15.0 Å². The van der Waals surface area contributed by atoms with Crippen molar-refractivity contribution in [3.8, 4) is 0 Å². The molecule has 5 heteroatoms. The van der Waals surface area contributed by atoms with Crippen molar-refractivity contribution >= 4 is 12.0 Å². The Labute approximate surface area is 144 Å². The Bertz CT molecular complexity index is 538. The normalized spacial score (nSPS) is 13.4. The van der Waals surface area contributed by atoms with Gasteiger partial charge in [0.15, 0.2) is 0 Å². The van der Waals surface area contributed by atoms with Gasteiger partial charge in [0.2, 0.25) is 0 Å². The second kappa shape index (κ2) is 9.30. The molecule has 1 saturated carbocycles. The molecular formula is C19H28N2O3. The molecule has 2 rings (SSSR count). The van der Waals surface area contributed by atoms with E-state index in [-0.39, 0.29) is 12.0 Å². The van der Waals surface area contributed by atoms with Gasteiger partial charge in [0, 0.05) is 25.6 Å². The molecule has 0 aliphatic heterocycles. The summed E-state index contributed by atoms with van der Waals surface area (Å²) in [5.74, 6) is -0.198. The fourth-order valence-corrected chi connectivity index (χ4v) is 2.62. The third-order valence-electron chi connectivity index (χ3n) is 4.34. The highest BCUT2D eigenvalue weighted by Gasteiger charge is 2.32. The average Bonchev–Trinajstić information content (AvgIpc) is 3.44. The lowest BCUT2D eigenvalue weighted by Crippen LogP contribution is -2.41. The summed E-state index contributed by atoms with van der Waals surface area (Å²) in [6.45, 7) is 3.38. The molecule has 0 spiro atoms. The van der Waals surface area contributed by atoms with E-state index in [0.29, 0.717) is 25.6 Å². The highest BCUT2D eigenvalue weighted by molar-refractivity contribution is 5.75. The number of carbonyl (C=O) groups is 2. The number of esters is 1. The Morgan fingerprint density at radius 3 is 2.42 bits per heavy atom. The van der Waals surface area contributed by atoms with Gasteiger partial charge in [-0.2, -0.15) is 0 Å². The largest absolute Gasteiger partial charge is 0.469 e. The third-order valence-corrected chi connectivity index (χ3v) is 4.34. The van der Waals surface area contributed by atoms with Crippen molar-refractivity contribution < 1.29 is 14.3 Å². The first-order valence-corrected chi connectivity index (χ1v) is 8.83. The maximum absolute atomic E-state index is 12.4. The fourth-order valence-electron chi connectivity index (χ4n) is 2.62. The van der Waals surface area contributed by atoms with Crippen molar-refractivity contribution in [2.75, 3.05) is 13.7 Å². The van der Waals surface area contributed by atoms with Gasteiger partial charge in [-0.1, -0.05) is 31.2 Å². The number of amides is 2. The number of urea groups is 1. The van der Waals surface area contributed by atoms with Crippen LogP contribution in [0.1, 0.15) is 50.2 Å². The van der Waals surface area contributed by atoms with E-state index in [2.05, 4.69) is 41.2 Å². The molecule has 1 N–H and O–H groups in total. The van der Waals surface area contributed by atoms with Crippen LogP contribution >= 0.6 is 0 Å². The summed E-state index contributed by atoms with van der Waals surface area (Å²) in [5.41, 5.74) is 2.48. The zero-order valence-corrected chi connectivity index (χ0v) is 14.7. The molecule has 0 atom stereocenters. The lowest BCUT2D eigenvalue weighted by Gasteiger charge is -2.23. The van der Waals surface area contributed by atoms with Crippen LogP contribution in [0, 0.1) is 0 Å². The molecule has 1 aliphatic rings. The summed E-state index contributed by atoms with van der Waals surface area (Å²) in [5, 5.41) is 2.97. The molecule has 0 bridgehead atoms. The second-order valence-corrected chi connectivity index (χ2v) is 6.29. The Kier molecular flexibility index (Phi) is 7.09. The second-order valence-electron chi connectivity index (χ2n) is 6.29. The van der Waals surface area contributed by atoms with Crippen LogP contribution in [0.3, 0.4) is 0 Å². The Balaban J connectivity index is 1.77. The monoisotopic (exact) mass is 332 g/mol. The smallest absolute Gasteiger partial charge is 0.317 e. The van der Waals surface area contributed by atoms with E-state index >= 15 is 0 Å². The molecule has 1 aromatic rings. The Hall–Kier alpha value is -2.04. The summed E-state index contributed by atoms with van der Waals surface area (Å²) in [7, 11) is 1.39. The molecule has 0 aromatic heterocycles. The van der Waals surface area contributed by atoms with Crippen LogP contribution in [-0.4, -0.2) is 36.6 Å². The standard InChI is InChI=1S/C19H28N2O3/c1-3-15-7-9-16(10-8-15)14-21(17-11-12-17)19(23)20-13-5-4-6-18(22)24-2/h7-10,17H,3-6,11-14H2,1-2H3,(H,20,23). The van der Waals surface area contributed by atoms with Gasteiger partial charge in [-0.15, -0.1) is 0 Å². The number of hydrogen-bond donors (Lipinski definition) is 1. The van der Waals surface area contributed by atoms with Crippen molar-refractivity contribution in [3.05, 3.63) is 35.4 Å². The predicted molar refractivity (Wildman–Crippen MR) is 93.7 cm³/mol. The van der Waals surface area contributed by atoms with Gasteiger partial charge in [-0.25, -0.2) is 4.79 Å². The van der Waals surface area contributed by atoms with E-state index in [1.54, 1.807) is 0 Å². The molecule has 0 saturated heterocycles. The van der Waals surface area contributed by atoms with Crippen LogP contribution in [0.4, 0.5) is 4.79 Å². The zero-order valence-electron chi connectivity index (χ0n) is 14.7. The molecule has 0 unspecified atom stereocenters. The number of carbonyl (C=O) groups excluding carboxylic acids is 2. The summed E-state index contributed by atoms with van der Waals surface area (Å²) in [4.78, 5) is 25.4. The van der Waals surface area contributed by atoms with Gasteiger partial charge >= 0.3 is 12.0 Å². The summed E-state index contributed by atoms with van der Waals surface area (Å²) >= 11 is 0. The number of nitrogens with one attached hydrogen (secondary N) is 1. The summed E-state index contributed by atoms with van der Waals surface area (Å²) in [6, 6.07) is 8.84. The number of ether oxygens (including phenoxy) is 1. The average molecular weight is 332 g/mol. The number of aryl methyl sites for hydroxylation is 1. The Morgan fingerprint density at radius 1 is 1.17 bits per heavy atom. The molecular weight excluding hydrogens is 304 g/mol. The third kappa shape index (κ3) is 5.87. The topological polar surface area (TPSA) is 58.6 Å². The molecule has 24 heavy (non-hydrogen) atoms. The first-order chi connectivity index (χ1) is 11.6. The summed E-state index contributed by atoms with van der Waals surface area (Å²) in [6.07, 6.45) is 5.12. The van der Waals surface area contributed by atoms with Gasteiger partial charge in [-0.05, 0) is 43.2 Å². The number of rotatable bonds is 9. The highest BCUT2D eigenvalue weighted by atomic mass is 16.5. The van der Waals surface area contributed by atoms with Gasteiger partial charge in [0.05, 0.1) is 7.11 Å². The van der Waals surface area contributed by atoms with Crippen molar-refractivity contribution in [2.45, 2.75) is 58.0 Å². The number of hydrogen-bond acceptors (Lipinski definition) is 3. The van der Waals surface area contributed by atoms with E-state index in [4.69, 9.17) is 0 Å². The van der Waals surface area contributed by atoms with Gasteiger partial charge in [-0.3, -0.25) is 4.79 Å². The van der Waals surface area contributed by atoms with Crippen molar-refractivity contribution in [1.82, 2.24) is 10.2 Å². The van der Waals surface area contributed by atoms with Crippen molar-refractivity contribution in [3.63, 3.8) is 0 Å². The predicted octanol–water partition coefficient (Wildman–Crippen LogP) is 3.27. The van der Waals surface area contributed by atoms with Crippen LogP contribution < -0.4 is 5.32 Å². The minimum Gasteiger partial charge on any atom is -0.469 e.